The Morgan fingerprint density at radius 1 is 1.26 bits per heavy atom. The second-order valence-corrected chi connectivity index (χ2v) is 10.9. The second kappa shape index (κ2) is 13.9. The van der Waals surface area contributed by atoms with Crippen LogP contribution in [0.25, 0.3) is 11.3 Å². The largest absolute Gasteiger partial charge is 0.480 e. The highest BCUT2D eigenvalue weighted by Crippen LogP contribution is 2.32. The van der Waals surface area contributed by atoms with Crippen LogP contribution in [0.3, 0.4) is 0 Å². The van der Waals surface area contributed by atoms with Gasteiger partial charge in [-0.2, -0.15) is 5.26 Å². The topological polar surface area (TPSA) is 141 Å². The normalized spacial score (nSPS) is 21.5. The van der Waals surface area contributed by atoms with Crippen molar-refractivity contribution in [3.8, 4) is 17.3 Å². The third kappa shape index (κ3) is 8.51. The number of hydrogen-bond acceptors (Lipinski definition) is 9. The van der Waals surface area contributed by atoms with E-state index in [1.54, 1.807) is 6.20 Å². The van der Waals surface area contributed by atoms with Gasteiger partial charge in [-0.25, -0.2) is 14.8 Å². The van der Waals surface area contributed by atoms with Crippen LogP contribution in [0, 0.1) is 16.7 Å². The maximum Gasteiger partial charge on any atom is 0.329 e. The Bertz CT molecular complexity index is 1150. The molecule has 210 valence electrons. The van der Waals surface area contributed by atoms with Crippen molar-refractivity contribution in [2.75, 3.05) is 43.6 Å². The van der Waals surface area contributed by atoms with Crippen molar-refractivity contribution in [1.29, 1.82) is 5.26 Å². The third-order valence-corrected chi connectivity index (χ3v) is 7.67. The molecule has 1 saturated carbocycles. The fourth-order valence-electron chi connectivity index (χ4n) is 5.13. The number of nitrogens with zero attached hydrogens (tertiary/aromatic N) is 3. The maximum absolute atomic E-state index is 10.6. The molecule has 3 heterocycles. The summed E-state index contributed by atoms with van der Waals surface area (Å²) in [5.41, 5.74) is 1.09. The Kier molecular flexibility index (Phi) is 10.3. The van der Waals surface area contributed by atoms with Gasteiger partial charge in [0.15, 0.2) is 0 Å². The molecule has 2 fully saturated rings. The zero-order valence-corrected chi connectivity index (χ0v) is 23.0. The minimum absolute atomic E-state index is 0.0965. The number of rotatable bonds is 12. The van der Waals surface area contributed by atoms with Crippen LogP contribution in [0.15, 0.2) is 30.5 Å². The van der Waals surface area contributed by atoms with Crippen molar-refractivity contribution in [2.24, 2.45) is 5.41 Å². The van der Waals surface area contributed by atoms with Crippen LogP contribution in [0.5, 0.6) is 0 Å². The summed E-state index contributed by atoms with van der Waals surface area (Å²) in [6.45, 7) is 3.84. The number of nitrogens with one attached hydrogen (secondary N) is 3. The number of carboxylic acid groups (broad SMARTS) is 1. The van der Waals surface area contributed by atoms with Crippen LogP contribution >= 0.6 is 11.6 Å². The first kappa shape index (κ1) is 29.0. The number of hydrogen-bond donors (Lipinski definition) is 4. The van der Waals surface area contributed by atoms with Gasteiger partial charge in [0.2, 0.25) is 0 Å². The molecule has 0 unspecified atom stereocenters. The van der Waals surface area contributed by atoms with E-state index in [1.165, 1.54) is 0 Å². The van der Waals surface area contributed by atoms with Crippen molar-refractivity contribution in [2.45, 2.75) is 63.6 Å². The highest BCUT2D eigenvalue weighted by atomic mass is 35.5. The number of ether oxygens (including phenoxy) is 2. The molecule has 0 radical (unpaired) electrons. The molecule has 39 heavy (non-hydrogen) atoms. The Balaban J connectivity index is 1.31. The number of carboxylic acids is 1. The number of nitriles is 1. The fourth-order valence-corrected chi connectivity index (χ4v) is 5.33. The van der Waals surface area contributed by atoms with Crippen molar-refractivity contribution in [3.63, 3.8) is 0 Å². The molecule has 1 aliphatic heterocycles. The monoisotopic (exact) mass is 556 g/mol. The molecule has 0 amide bonds. The van der Waals surface area contributed by atoms with Crippen molar-refractivity contribution in [1.82, 2.24) is 15.3 Å². The molecule has 10 nitrogen and oxygen atoms in total. The summed E-state index contributed by atoms with van der Waals surface area (Å²) in [4.78, 5) is 19.9. The Morgan fingerprint density at radius 3 is 2.72 bits per heavy atom. The Hall–Kier alpha value is -2.97. The first-order chi connectivity index (χ1) is 18.9. The summed E-state index contributed by atoms with van der Waals surface area (Å²) in [5, 5.41) is 29.4. The average molecular weight is 557 g/mol. The van der Waals surface area contributed by atoms with Gasteiger partial charge >= 0.3 is 5.97 Å². The molecule has 2 aliphatic rings. The molecule has 1 aliphatic carbocycles. The molecule has 2 aromatic heterocycles. The molecule has 4 N–H and O–H groups in total. The van der Waals surface area contributed by atoms with E-state index in [0.717, 1.165) is 42.8 Å². The minimum atomic E-state index is -0.952. The lowest BCUT2D eigenvalue weighted by molar-refractivity contribution is -0.142. The zero-order valence-electron chi connectivity index (χ0n) is 22.3. The third-order valence-electron chi connectivity index (χ3n) is 7.37. The molecular weight excluding hydrogens is 520 g/mol. The van der Waals surface area contributed by atoms with Gasteiger partial charge in [-0.05, 0) is 63.6 Å². The van der Waals surface area contributed by atoms with E-state index >= 15 is 0 Å². The molecule has 0 aromatic carbocycles. The smallest absolute Gasteiger partial charge is 0.329 e. The first-order valence-corrected chi connectivity index (χ1v) is 13.9. The summed E-state index contributed by atoms with van der Waals surface area (Å²) < 4.78 is 10.6. The lowest BCUT2D eigenvalue weighted by Gasteiger charge is -2.32. The second-order valence-electron chi connectivity index (χ2n) is 10.5. The van der Waals surface area contributed by atoms with E-state index in [9.17, 15) is 10.1 Å². The minimum Gasteiger partial charge on any atom is -0.480 e. The van der Waals surface area contributed by atoms with Crippen LogP contribution in [0.1, 0.15) is 45.4 Å². The maximum atomic E-state index is 10.6. The van der Waals surface area contributed by atoms with E-state index < -0.39 is 11.4 Å². The number of halogens is 1. The van der Waals surface area contributed by atoms with Crippen molar-refractivity contribution < 1.29 is 19.4 Å². The van der Waals surface area contributed by atoms with Gasteiger partial charge in [0.05, 0.1) is 28.8 Å². The van der Waals surface area contributed by atoms with Gasteiger partial charge in [0.1, 0.15) is 18.2 Å². The van der Waals surface area contributed by atoms with Gasteiger partial charge in [0.25, 0.3) is 0 Å². The summed E-state index contributed by atoms with van der Waals surface area (Å²) >= 11 is 6.53. The summed E-state index contributed by atoms with van der Waals surface area (Å²) in [7, 11) is 0. The number of pyridine rings is 2. The van der Waals surface area contributed by atoms with Crippen molar-refractivity contribution >= 4 is 29.2 Å². The van der Waals surface area contributed by atoms with E-state index in [4.69, 9.17) is 31.2 Å². The van der Waals surface area contributed by atoms with Crippen LogP contribution in [-0.4, -0.2) is 72.1 Å². The number of aromatic nitrogens is 2. The van der Waals surface area contributed by atoms with E-state index in [2.05, 4.69) is 27.0 Å². The van der Waals surface area contributed by atoms with Crippen molar-refractivity contribution in [3.05, 3.63) is 35.5 Å². The van der Waals surface area contributed by atoms with Gasteiger partial charge < -0.3 is 30.5 Å². The highest BCUT2D eigenvalue weighted by Gasteiger charge is 2.32. The van der Waals surface area contributed by atoms with E-state index in [-0.39, 0.29) is 12.6 Å². The first-order valence-electron chi connectivity index (χ1n) is 13.5. The lowest BCUT2D eigenvalue weighted by atomic mass is 9.82. The SMILES string of the molecule is C[C@H](COCC(=O)O)N[C@H]1CC[C@H](Nc2cc(-c3cccc(NCC4(C#N)CCOCC4)n3)c(Cl)cn2)CC1. The van der Waals surface area contributed by atoms with Gasteiger partial charge in [-0.3, -0.25) is 0 Å². The van der Waals surface area contributed by atoms with Crippen LogP contribution in [-0.2, 0) is 14.3 Å². The van der Waals surface area contributed by atoms with Gasteiger partial charge in [0, 0.05) is 49.6 Å². The Morgan fingerprint density at radius 2 is 2.00 bits per heavy atom. The molecule has 4 rings (SSSR count). The number of anilines is 2. The molecule has 11 heteroatoms. The lowest BCUT2D eigenvalue weighted by Crippen LogP contribution is -2.43. The predicted molar refractivity (Wildman–Crippen MR) is 150 cm³/mol. The van der Waals surface area contributed by atoms with Crippen LogP contribution < -0.4 is 16.0 Å². The van der Waals surface area contributed by atoms with E-state index in [0.29, 0.717) is 62.1 Å². The summed E-state index contributed by atoms with van der Waals surface area (Å²) in [6.07, 6.45) is 7.06. The van der Waals surface area contributed by atoms with Gasteiger partial charge in [-0.15, -0.1) is 0 Å². The molecule has 0 spiro atoms. The van der Waals surface area contributed by atoms with Crippen LogP contribution in [0.4, 0.5) is 11.6 Å². The molecule has 1 saturated heterocycles. The van der Waals surface area contributed by atoms with Crippen LogP contribution in [0.2, 0.25) is 5.02 Å². The molecular formula is C28H37ClN6O4. The fraction of sp³-hybridized carbons (Fsp3) is 0.571. The van der Waals surface area contributed by atoms with Gasteiger partial charge in [-0.1, -0.05) is 17.7 Å². The number of aliphatic carboxylic acids is 1. The van der Waals surface area contributed by atoms with E-state index in [1.807, 2.05) is 31.2 Å². The summed E-state index contributed by atoms with van der Waals surface area (Å²) in [6, 6.07) is 10.9. The molecule has 1 atom stereocenters. The molecule has 0 bridgehead atoms. The highest BCUT2D eigenvalue weighted by molar-refractivity contribution is 6.33. The summed E-state index contributed by atoms with van der Waals surface area (Å²) in [5.74, 6) is 0.503. The average Bonchev–Trinajstić information content (AvgIpc) is 2.94. The molecule has 2 aromatic rings. The predicted octanol–water partition coefficient (Wildman–Crippen LogP) is 4.33. The standard InChI is InChI=1S/C28H37ClN6O4/c1-19(15-39-16-27(36)37)33-20-5-7-21(8-6-20)34-26-13-22(23(29)14-31-26)24-3-2-4-25(35-24)32-18-28(17-30)9-11-38-12-10-28/h2-4,13-14,19-21,33H,5-12,15-16,18H2,1H3,(H,31,34)(H,32,35)(H,36,37)/t19-,20-,21-/m1/s1. The Labute approximate surface area is 234 Å². The zero-order chi connectivity index (χ0) is 27.7. The number of carbonyl (C=O) groups is 1. The quantitative estimate of drug-likeness (QED) is 0.298.